The van der Waals surface area contributed by atoms with Crippen molar-refractivity contribution in [2.45, 2.75) is 44.6 Å². The second kappa shape index (κ2) is 11.3. The summed E-state index contributed by atoms with van der Waals surface area (Å²) < 4.78 is 32.3. The topological polar surface area (TPSA) is 140 Å². The molecule has 0 radical (unpaired) electrons. The van der Waals surface area contributed by atoms with Crippen molar-refractivity contribution in [3.63, 3.8) is 0 Å². The fraction of sp³-hybridized carbons (Fsp3) is 0.455. The van der Waals surface area contributed by atoms with Gasteiger partial charge in [0.2, 0.25) is 10.0 Å². The lowest BCUT2D eigenvalue weighted by molar-refractivity contribution is 0.172. The van der Waals surface area contributed by atoms with Crippen LogP contribution in [0.5, 0.6) is 5.75 Å². The fourth-order valence-corrected chi connectivity index (χ4v) is 3.58. The molecule has 31 heavy (non-hydrogen) atoms. The van der Waals surface area contributed by atoms with Gasteiger partial charge in [0, 0.05) is 36.6 Å². The number of nitrogen functional groups attached to an aromatic ring is 1. The Labute approximate surface area is 185 Å². The van der Waals surface area contributed by atoms with Crippen LogP contribution in [0.2, 0.25) is 0 Å². The highest BCUT2D eigenvalue weighted by atomic mass is 32.2. The molecule has 0 saturated heterocycles. The minimum absolute atomic E-state index is 0.0867. The molecular formula is C22H34N4O4S. The fourth-order valence-electron chi connectivity index (χ4n) is 2.89. The van der Waals surface area contributed by atoms with Gasteiger partial charge in [-0.2, -0.15) is 0 Å². The number of anilines is 2. The number of aliphatic hydroxyl groups is 1. The summed E-state index contributed by atoms with van der Waals surface area (Å²) in [5, 5.41) is 13.0. The predicted octanol–water partition coefficient (Wildman–Crippen LogP) is 2.53. The van der Waals surface area contributed by atoms with E-state index in [2.05, 4.69) is 10.0 Å². The summed E-state index contributed by atoms with van der Waals surface area (Å²) >= 11 is 0. The van der Waals surface area contributed by atoms with Crippen LogP contribution in [0.15, 0.2) is 42.5 Å². The van der Waals surface area contributed by atoms with Crippen LogP contribution in [0.1, 0.15) is 50.5 Å². The summed E-state index contributed by atoms with van der Waals surface area (Å²) in [4.78, 5) is 0. The van der Waals surface area contributed by atoms with Crippen molar-refractivity contribution < 1.29 is 18.3 Å². The van der Waals surface area contributed by atoms with E-state index < -0.39 is 21.4 Å². The van der Waals surface area contributed by atoms with Crippen molar-refractivity contribution in [1.29, 1.82) is 0 Å². The Hall–Kier alpha value is -2.33. The van der Waals surface area contributed by atoms with Gasteiger partial charge < -0.3 is 26.6 Å². The van der Waals surface area contributed by atoms with Gasteiger partial charge in [-0.25, -0.2) is 8.42 Å². The Bertz CT molecular complexity index is 950. The van der Waals surface area contributed by atoms with Crippen LogP contribution in [0.25, 0.3) is 0 Å². The van der Waals surface area contributed by atoms with E-state index in [0.717, 1.165) is 12.0 Å². The Morgan fingerprint density at radius 1 is 1.16 bits per heavy atom. The molecule has 0 aromatic heterocycles. The number of aliphatic hydroxyl groups excluding tert-OH is 1. The van der Waals surface area contributed by atoms with Crippen molar-refractivity contribution in [1.82, 2.24) is 5.32 Å². The molecule has 2 atom stereocenters. The average molecular weight is 451 g/mol. The number of hydrogen-bond acceptors (Lipinski definition) is 7. The van der Waals surface area contributed by atoms with Gasteiger partial charge in [0.1, 0.15) is 12.4 Å². The van der Waals surface area contributed by atoms with Crippen LogP contribution < -0.4 is 26.2 Å². The molecule has 0 fully saturated rings. The molecule has 1 unspecified atom stereocenters. The average Bonchev–Trinajstić information content (AvgIpc) is 2.72. The van der Waals surface area contributed by atoms with Crippen molar-refractivity contribution in [2.75, 3.05) is 30.2 Å². The molecule has 0 bridgehead atoms. The van der Waals surface area contributed by atoms with E-state index >= 15 is 0 Å². The summed E-state index contributed by atoms with van der Waals surface area (Å²) in [6.07, 6.45) is 0.0253. The highest BCUT2D eigenvalue weighted by Crippen LogP contribution is 2.25. The number of nitrogens with two attached hydrogens (primary N) is 2. The maximum atomic E-state index is 12.0. The van der Waals surface area contributed by atoms with Crippen LogP contribution in [-0.2, 0) is 10.0 Å². The van der Waals surface area contributed by atoms with Gasteiger partial charge in [0.05, 0.1) is 11.4 Å². The molecule has 9 heteroatoms. The second-order valence-electron chi connectivity index (χ2n) is 7.70. The van der Waals surface area contributed by atoms with Crippen LogP contribution in [-0.4, -0.2) is 38.5 Å². The number of ether oxygens (including phenoxy) is 1. The minimum Gasteiger partial charge on any atom is -0.492 e. The quantitative estimate of drug-likeness (QED) is 0.247. The largest absolute Gasteiger partial charge is 0.492 e. The monoisotopic (exact) mass is 450 g/mol. The van der Waals surface area contributed by atoms with Gasteiger partial charge in [-0.3, -0.25) is 4.72 Å². The van der Waals surface area contributed by atoms with E-state index in [1.54, 1.807) is 44.2 Å². The highest BCUT2D eigenvalue weighted by Gasteiger charge is 2.16. The minimum atomic E-state index is -3.44. The van der Waals surface area contributed by atoms with Gasteiger partial charge in [0.15, 0.2) is 0 Å². The third kappa shape index (κ3) is 7.39. The molecular weight excluding hydrogens is 416 g/mol. The van der Waals surface area contributed by atoms with E-state index in [1.165, 1.54) is 0 Å². The summed E-state index contributed by atoms with van der Waals surface area (Å²) in [7, 11) is -3.44. The third-order valence-corrected chi connectivity index (χ3v) is 6.70. The molecule has 2 aromatic rings. The van der Waals surface area contributed by atoms with Gasteiger partial charge in [-0.05, 0) is 49.6 Å². The Kier molecular flexibility index (Phi) is 9.12. The molecule has 0 heterocycles. The summed E-state index contributed by atoms with van der Waals surface area (Å²) in [6, 6.07) is 12.2. The zero-order valence-corrected chi connectivity index (χ0v) is 19.2. The Morgan fingerprint density at radius 3 is 2.55 bits per heavy atom. The maximum Gasteiger partial charge on any atom is 0.235 e. The molecule has 7 N–H and O–H groups in total. The Morgan fingerprint density at radius 2 is 1.90 bits per heavy atom. The van der Waals surface area contributed by atoms with Gasteiger partial charge in [0.25, 0.3) is 0 Å². The lowest BCUT2D eigenvalue weighted by atomic mass is 10.0. The van der Waals surface area contributed by atoms with E-state index in [4.69, 9.17) is 16.2 Å². The van der Waals surface area contributed by atoms with Crippen LogP contribution in [0, 0.1) is 0 Å². The normalized spacial score (nSPS) is 13.7. The van der Waals surface area contributed by atoms with Gasteiger partial charge in [-0.1, -0.05) is 25.1 Å². The van der Waals surface area contributed by atoms with Crippen LogP contribution in [0.3, 0.4) is 0 Å². The van der Waals surface area contributed by atoms with Crippen LogP contribution >= 0.6 is 0 Å². The standard InChI is InChI=1S/C22H34N4O4S/c1-4-20(23)19-9-8-18(13-21(19)24)30-11-10-25-14-22(27)16-6-5-7-17(12-16)26-31(28,29)15(2)3/h5-9,12-13,15,20,22,25-27H,4,10-11,14,23-24H2,1-3H3/t20?,22-/m0/s1. The Balaban J connectivity index is 1.80. The first kappa shape index (κ1) is 24.9. The SMILES string of the molecule is CCC(N)c1ccc(OCCNC[C@H](O)c2cccc(NS(=O)(=O)C(C)C)c2)cc1N. The number of hydrogen-bond donors (Lipinski definition) is 5. The zero-order valence-electron chi connectivity index (χ0n) is 18.3. The molecule has 2 rings (SSSR count). The van der Waals surface area contributed by atoms with Crippen molar-refractivity contribution in [2.24, 2.45) is 5.73 Å². The first-order valence-corrected chi connectivity index (χ1v) is 12.0. The second-order valence-corrected chi connectivity index (χ2v) is 9.93. The van der Waals surface area contributed by atoms with E-state index in [1.807, 2.05) is 19.1 Å². The highest BCUT2D eigenvalue weighted by molar-refractivity contribution is 7.93. The molecule has 172 valence electrons. The van der Waals surface area contributed by atoms with Crippen LogP contribution in [0.4, 0.5) is 11.4 Å². The van der Waals surface area contributed by atoms with E-state index in [-0.39, 0.29) is 6.04 Å². The first-order chi connectivity index (χ1) is 14.6. The molecule has 0 aliphatic carbocycles. The van der Waals surface area contributed by atoms with E-state index in [0.29, 0.717) is 42.4 Å². The predicted molar refractivity (Wildman–Crippen MR) is 126 cm³/mol. The number of benzene rings is 2. The summed E-state index contributed by atoms with van der Waals surface area (Å²) in [6.45, 7) is 6.45. The van der Waals surface area contributed by atoms with Gasteiger partial charge >= 0.3 is 0 Å². The lowest BCUT2D eigenvalue weighted by Gasteiger charge is -2.16. The zero-order chi connectivity index (χ0) is 23.0. The molecule has 2 aromatic carbocycles. The van der Waals surface area contributed by atoms with E-state index in [9.17, 15) is 13.5 Å². The van der Waals surface area contributed by atoms with Crippen molar-refractivity contribution in [3.8, 4) is 5.75 Å². The summed E-state index contributed by atoms with van der Waals surface area (Å²) in [5.74, 6) is 0.664. The summed E-state index contributed by atoms with van der Waals surface area (Å²) in [5.41, 5.74) is 14.6. The number of rotatable bonds is 12. The lowest BCUT2D eigenvalue weighted by Crippen LogP contribution is -2.26. The van der Waals surface area contributed by atoms with Crippen molar-refractivity contribution in [3.05, 3.63) is 53.6 Å². The third-order valence-electron chi connectivity index (χ3n) is 4.93. The molecule has 0 amide bonds. The number of sulfonamides is 1. The first-order valence-electron chi connectivity index (χ1n) is 10.4. The molecule has 0 aliphatic rings. The maximum absolute atomic E-state index is 12.0. The van der Waals surface area contributed by atoms with Gasteiger partial charge in [-0.15, -0.1) is 0 Å². The molecule has 0 saturated carbocycles. The molecule has 0 aliphatic heterocycles. The smallest absolute Gasteiger partial charge is 0.235 e. The molecule has 8 nitrogen and oxygen atoms in total. The number of nitrogens with one attached hydrogen (secondary N) is 2. The van der Waals surface area contributed by atoms with Crippen molar-refractivity contribution >= 4 is 21.4 Å². The molecule has 0 spiro atoms.